The third-order valence-corrected chi connectivity index (χ3v) is 6.36. The first-order chi connectivity index (χ1) is 14.4. The first-order valence-electron chi connectivity index (χ1n) is 10.9. The number of nitrogens with zero attached hydrogens (tertiary/aromatic N) is 1. The number of benzene rings is 1. The van der Waals surface area contributed by atoms with Crippen LogP contribution in [0.3, 0.4) is 0 Å². The van der Waals surface area contributed by atoms with Gasteiger partial charge in [0.25, 0.3) is 5.91 Å². The van der Waals surface area contributed by atoms with Crippen molar-refractivity contribution in [1.82, 2.24) is 10.2 Å². The summed E-state index contributed by atoms with van der Waals surface area (Å²) in [6.45, 7) is 6.34. The summed E-state index contributed by atoms with van der Waals surface area (Å²) in [5.41, 5.74) is -0.454. The van der Waals surface area contributed by atoms with Gasteiger partial charge in [-0.2, -0.15) is 0 Å². The van der Waals surface area contributed by atoms with Gasteiger partial charge < -0.3 is 19.5 Å². The lowest BCUT2D eigenvalue weighted by molar-refractivity contribution is -0.129. The number of carbonyl (C=O) groups excluding carboxylic acids is 2. The predicted molar refractivity (Wildman–Crippen MR) is 114 cm³/mol. The molecule has 0 aromatic heterocycles. The van der Waals surface area contributed by atoms with Crippen LogP contribution in [0.15, 0.2) is 18.2 Å². The number of rotatable bonds is 6. The number of amides is 2. The molecule has 1 N–H and O–H groups in total. The number of hydrogen-bond acceptors (Lipinski definition) is 5. The van der Waals surface area contributed by atoms with Crippen molar-refractivity contribution >= 4 is 11.8 Å². The third-order valence-electron chi connectivity index (χ3n) is 6.36. The van der Waals surface area contributed by atoms with Crippen LogP contribution in [-0.2, 0) is 9.53 Å². The van der Waals surface area contributed by atoms with Crippen LogP contribution in [0, 0.1) is 5.92 Å². The van der Waals surface area contributed by atoms with E-state index in [0.29, 0.717) is 35.8 Å². The summed E-state index contributed by atoms with van der Waals surface area (Å²) in [5, 5.41) is 3.02. The Morgan fingerprint density at radius 1 is 1.30 bits per heavy atom. The maximum absolute atomic E-state index is 14.0. The van der Waals surface area contributed by atoms with E-state index in [2.05, 4.69) is 12.2 Å². The molecule has 2 amide bonds. The fourth-order valence-electron chi connectivity index (χ4n) is 4.63. The van der Waals surface area contributed by atoms with Crippen molar-refractivity contribution < 1.29 is 23.8 Å². The highest BCUT2D eigenvalue weighted by molar-refractivity contribution is 6.02. The largest absolute Gasteiger partial charge is 0.496 e. The fraction of sp³-hybridized carbons (Fsp3) is 0.652. The lowest BCUT2D eigenvalue weighted by Crippen LogP contribution is -2.57. The first-order valence-corrected chi connectivity index (χ1v) is 10.9. The standard InChI is InChI=1S/C23H34N2O5/c1-6-16(3)24-21(26)17-14-30-23(12-8-9-15(2)13-23)25(17)22(27)20-18(28-4)10-7-11-19(20)29-5/h7,10-11,15-17H,6,8-9,12-14H2,1-5H3,(H,24,26)/t15-,16-,17+,23-/m0/s1. The average Bonchev–Trinajstić information content (AvgIpc) is 3.10. The third kappa shape index (κ3) is 4.13. The lowest BCUT2D eigenvalue weighted by atomic mass is 9.82. The Bertz CT molecular complexity index is 761. The highest BCUT2D eigenvalue weighted by Gasteiger charge is 2.54. The second-order valence-corrected chi connectivity index (χ2v) is 8.51. The Morgan fingerprint density at radius 3 is 2.53 bits per heavy atom. The van der Waals surface area contributed by atoms with Crippen LogP contribution in [0.5, 0.6) is 11.5 Å². The van der Waals surface area contributed by atoms with Crippen molar-refractivity contribution in [2.75, 3.05) is 20.8 Å². The smallest absolute Gasteiger partial charge is 0.264 e. The van der Waals surface area contributed by atoms with Crippen molar-refractivity contribution in [2.45, 2.75) is 70.7 Å². The van der Waals surface area contributed by atoms with E-state index in [9.17, 15) is 9.59 Å². The van der Waals surface area contributed by atoms with Crippen LogP contribution in [0.2, 0.25) is 0 Å². The fourth-order valence-corrected chi connectivity index (χ4v) is 4.63. The average molecular weight is 419 g/mol. The van der Waals surface area contributed by atoms with Crippen LogP contribution < -0.4 is 14.8 Å². The molecule has 1 aliphatic carbocycles. The van der Waals surface area contributed by atoms with Crippen LogP contribution in [-0.4, -0.2) is 55.3 Å². The zero-order chi connectivity index (χ0) is 21.9. The predicted octanol–water partition coefficient (Wildman–Crippen LogP) is 3.37. The molecule has 4 atom stereocenters. The van der Waals surface area contributed by atoms with E-state index in [1.165, 1.54) is 14.2 Å². The van der Waals surface area contributed by atoms with Gasteiger partial charge in [0.2, 0.25) is 5.91 Å². The minimum Gasteiger partial charge on any atom is -0.496 e. The highest BCUT2D eigenvalue weighted by atomic mass is 16.5. The Labute approximate surface area is 179 Å². The lowest BCUT2D eigenvalue weighted by Gasteiger charge is -2.43. The molecule has 1 aliphatic heterocycles. The van der Waals surface area contributed by atoms with E-state index in [-0.39, 0.29) is 24.5 Å². The van der Waals surface area contributed by atoms with Gasteiger partial charge in [-0.3, -0.25) is 14.5 Å². The van der Waals surface area contributed by atoms with Crippen LogP contribution in [0.25, 0.3) is 0 Å². The molecule has 3 rings (SSSR count). The number of carbonyl (C=O) groups is 2. The molecule has 2 fully saturated rings. The van der Waals surface area contributed by atoms with Gasteiger partial charge in [0.05, 0.1) is 20.8 Å². The van der Waals surface area contributed by atoms with Crippen molar-refractivity contribution in [1.29, 1.82) is 0 Å². The van der Waals surface area contributed by atoms with E-state index in [0.717, 1.165) is 19.3 Å². The summed E-state index contributed by atoms with van der Waals surface area (Å²) in [5.74, 6) is 0.782. The summed E-state index contributed by atoms with van der Waals surface area (Å²) in [6.07, 6.45) is 4.29. The molecule has 1 spiro atoms. The quantitative estimate of drug-likeness (QED) is 0.767. The zero-order valence-electron chi connectivity index (χ0n) is 18.7. The minimum absolute atomic E-state index is 0.0251. The highest BCUT2D eigenvalue weighted by Crippen LogP contribution is 2.45. The molecule has 1 heterocycles. The van der Waals surface area contributed by atoms with E-state index >= 15 is 0 Å². The van der Waals surface area contributed by atoms with Crippen molar-refractivity contribution in [2.24, 2.45) is 5.92 Å². The molecular weight excluding hydrogens is 384 g/mol. The monoisotopic (exact) mass is 418 g/mol. The van der Waals surface area contributed by atoms with Gasteiger partial charge >= 0.3 is 0 Å². The molecule has 7 heteroatoms. The molecule has 1 aromatic carbocycles. The van der Waals surface area contributed by atoms with Gasteiger partial charge in [-0.1, -0.05) is 26.3 Å². The van der Waals surface area contributed by atoms with Gasteiger partial charge in [0.15, 0.2) is 0 Å². The molecule has 1 aromatic rings. The molecular formula is C23H34N2O5. The molecule has 2 aliphatic rings. The molecule has 0 unspecified atom stereocenters. The second-order valence-electron chi connectivity index (χ2n) is 8.51. The summed E-state index contributed by atoms with van der Waals surface area (Å²) in [7, 11) is 3.05. The second kappa shape index (κ2) is 9.25. The molecule has 0 bridgehead atoms. The first kappa shape index (κ1) is 22.4. The molecule has 0 radical (unpaired) electrons. The Hall–Kier alpha value is -2.28. The van der Waals surface area contributed by atoms with Crippen molar-refractivity contribution in [3.05, 3.63) is 23.8 Å². The minimum atomic E-state index is -0.780. The van der Waals surface area contributed by atoms with Crippen molar-refractivity contribution in [3.63, 3.8) is 0 Å². The van der Waals surface area contributed by atoms with E-state index in [1.807, 2.05) is 13.8 Å². The van der Waals surface area contributed by atoms with Crippen molar-refractivity contribution in [3.8, 4) is 11.5 Å². The normalized spacial score (nSPS) is 27.0. The molecule has 1 saturated heterocycles. The summed E-state index contributed by atoms with van der Waals surface area (Å²) in [6, 6.07) is 4.58. The van der Waals surface area contributed by atoms with E-state index in [1.54, 1.807) is 23.1 Å². The van der Waals surface area contributed by atoms with Crippen LogP contribution >= 0.6 is 0 Å². The van der Waals surface area contributed by atoms with E-state index < -0.39 is 11.8 Å². The Balaban J connectivity index is 2.04. The van der Waals surface area contributed by atoms with Gasteiger partial charge in [0.1, 0.15) is 28.8 Å². The maximum Gasteiger partial charge on any atom is 0.264 e. The number of hydrogen-bond donors (Lipinski definition) is 1. The molecule has 166 valence electrons. The van der Waals surface area contributed by atoms with Crippen LogP contribution in [0.1, 0.15) is 63.2 Å². The Kier molecular flexibility index (Phi) is 6.91. The number of methoxy groups -OCH3 is 2. The van der Waals surface area contributed by atoms with Gasteiger partial charge in [-0.25, -0.2) is 0 Å². The molecule has 1 saturated carbocycles. The topological polar surface area (TPSA) is 77.1 Å². The zero-order valence-corrected chi connectivity index (χ0v) is 18.7. The number of nitrogens with one attached hydrogen (secondary N) is 1. The van der Waals surface area contributed by atoms with Gasteiger partial charge in [-0.05, 0) is 50.7 Å². The summed E-state index contributed by atoms with van der Waals surface area (Å²) < 4.78 is 17.2. The summed E-state index contributed by atoms with van der Waals surface area (Å²) >= 11 is 0. The SMILES string of the molecule is CC[C@H](C)NC(=O)[C@H]1CO[C@]2(CCC[C@H](C)C2)N1C(=O)c1c(OC)cccc1OC. The van der Waals surface area contributed by atoms with Crippen LogP contribution in [0.4, 0.5) is 0 Å². The van der Waals surface area contributed by atoms with E-state index in [4.69, 9.17) is 14.2 Å². The Morgan fingerprint density at radius 2 is 1.97 bits per heavy atom. The van der Waals surface area contributed by atoms with Gasteiger partial charge in [0, 0.05) is 6.04 Å². The maximum atomic E-state index is 14.0. The molecule has 30 heavy (non-hydrogen) atoms. The van der Waals surface area contributed by atoms with Gasteiger partial charge in [-0.15, -0.1) is 0 Å². The molecule has 7 nitrogen and oxygen atoms in total. The number of ether oxygens (including phenoxy) is 3. The summed E-state index contributed by atoms with van der Waals surface area (Å²) in [4.78, 5) is 28.8.